The molecule has 144 valence electrons. The number of hydrogen-bond donors (Lipinski definition) is 0. The maximum Gasteiger partial charge on any atom is 0.314 e. The van der Waals surface area contributed by atoms with Gasteiger partial charge in [-0.2, -0.15) is 0 Å². The van der Waals surface area contributed by atoms with Crippen molar-refractivity contribution in [2.75, 3.05) is 40.0 Å². The van der Waals surface area contributed by atoms with Gasteiger partial charge in [0.05, 0.1) is 24.7 Å². The molecule has 2 rings (SSSR count). The lowest BCUT2D eigenvalue weighted by Gasteiger charge is -2.41. The molecule has 2 aliphatic heterocycles. The van der Waals surface area contributed by atoms with Gasteiger partial charge in [0.2, 0.25) is 5.91 Å². The highest BCUT2D eigenvalue weighted by molar-refractivity contribution is 5.81. The average molecular weight is 355 g/mol. The van der Waals surface area contributed by atoms with Crippen LogP contribution in [0.4, 0.5) is 0 Å². The van der Waals surface area contributed by atoms with Crippen molar-refractivity contribution < 1.29 is 23.8 Å². The summed E-state index contributed by atoms with van der Waals surface area (Å²) >= 11 is 0. The van der Waals surface area contributed by atoms with Crippen molar-refractivity contribution in [3.63, 3.8) is 0 Å². The highest BCUT2D eigenvalue weighted by Crippen LogP contribution is 2.35. The van der Waals surface area contributed by atoms with Crippen LogP contribution in [0.1, 0.15) is 52.4 Å². The molecule has 2 fully saturated rings. The number of likely N-dealkylation sites (tertiary alicyclic amines) is 1. The largest absolute Gasteiger partial charge is 0.465 e. The summed E-state index contributed by atoms with van der Waals surface area (Å²) in [5.41, 5.74) is -0.609. The maximum absolute atomic E-state index is 12.9. The molecule has 0 aromatic carbocycles. The minimum atomic E-state index is -0.609. The van der Waals surface area contributed by atoms with Gasteiger partial charge in [0, 0.05) is 32.7 Å². The average Bonchev–Trinajstić information content (AvgIpc) is 2.63. The van der Waals surface area contributed by atoms with E-state index in [-0.39, 0.29) is 23.9 Å². The lowest BCUT2D eigenvalue weighted by Crippen LogP contribution is -2.51. The van der Waals surface area contributed by atoms with Crippen LogP contribution < -0.4 is 0 Å². The fourth-order valence-corrected chi connectivity index (χ4v) is 4.01. The van der Waals surface area contributed by atoms with Gasteiger partial charge >= 0.3 is 5.97 Å². The Bertz CT molecular complexity index is 443. The lowest BCUT2D eigenvalue weighted by atomic mass is 9.78. The van der Waals surface area contributed by atoms with Crippen LogP contribution >= 0.6 is 0 Å². The van der Waals surface area contributed by atoms with Gasteiger partial charge in [-0.1, -0.05) is 13.3 Å². The quantitative estimate of drug-likeness (QED) is 0.656. The van der Waals surface area contributed by atoms with E-state index in [9.17, 15) is 9.59 Å². The molecule has 2 atom stereocenters. The van der Waals surface area contributed by atoms with Crippen molar-refractivity contribution >= 4 is 11.9 Å². The summed E-state index contributed by atoms with van der Waals surface area (Å²) in [6.45, 7) is 6.54. The molecule has 2 heterocycles. The first kappa shape index (κ1) is 20.2. The number of rotatable bonds is 7. The topological polar surface area (TPSA) is 65.1 Å². The highest BCUT2D eigenvalue weighted by atomic mass is 16.5. The van der Waals surface area contributed by atoms with Crippen molar-refractivity contribution in [1.29, 1.82) is 0 Å². The molecule has 0 radical (unpaired) electrons. The number of hydrogen-bond acceptors (Lipinski definition) is 5. The minimum Gasteiger partial charge on any atom is -0.465 e. The van der Waals surface area contributed by atoms with Crippen LogP contribution in [0.25, 0.3) is 0 Å². The van der Waals surface area contributed by atoms with Crippen LogP contribution in [0.2, 0.25) is 0 Å². The smallest absolute Gasteiger partial charge is 0.314 e. The SMILES string of the molecule is CCC[C@@H]1C[C@@H](C(=O)N2CCC(COC)(C(=O)OCC)CC2)CCO1. The third-order valence-corrected chi connectivity index (χ3v) is 5.49. The van der Waals surface area contributed by atoms with Gasteiger partial charge < -0.3 is 19.1 Å². The Morgan fingerprint density at radius 2 is 1.96 bits per heavy atom. The molecule has 25 heavy (non-hydrogen) atoms. The molecular weight excluding hydrogens is 322 g/mol. The first-order valence-electron chi connectivity index (χ1n) is 9.62. The molecular formula is C19H33NO5. The molecule has 1 amide bonds. The van der Waals surface area contributed by atoms with E-state index in [2.05, 4.69) is 6.92 Å². The molecule has 0 aromatic heterocycles. The molecule has 0 bridgehead atoms. The van der Waals surface area contributed by atoms with E-state index in [0.717, 1.165) is 25.7 Å². The van der Waals surface area contributed by atoms with Gasteiger partial charge in [0.25, 0.3) is 0 Å². The first-order chi connectivity index (χ1) is 12.1. The second kappa shape index (κ2) is 9.53. The van der Waals surface area contributed by atoms with Crippen molar-refractivity contribution in [3.8, 4) is 0 Å². The monoisotopic (exact) mass is 355 g/mol. The number of carbonyl (C=O) groups excluding carboxylic acids is 2. The maximum atomic E-state index is 12.9. The van der Waals surface area contributed by atoms with Gasteiger partial charge in [0.1, 0.15) is 0 Å². The molecule has 2 saturated heterocycles. The van der Waals surface area contributed by atoms with Crippen molar-refractivity contribution in [2.45, 2.75) is 58.5 Å². The number of methoxy groups -OCH3 is 1. The van der Waals surface area contributed by atoms with E-state index in [1.807, 2.05) is 11.8 Å². The molecule has 0 spiro atoms. The predicted octanol–water partition coefficient (Wildman–Crippen LogP) is 2.40. The van der Waals surface area contributed by atoms with E-state index in [1.165, 1.54) is 0 Å². The number of amides is 1. The van der Waals surface area contributed by atoms with Crippen molar-refractivity contribution in [1.82, 2.24) is 4.90 Å². The summed E-state index contributed by atoms with van der Waals surface area (Å²) in [7, 11) is 1.61. The minimum absolute atomic E-state index is 0.0582. The molecule has 0 N–H and O–H groups in total. The summed E-state index contributed by atoms with van der Waals surface area (Å²) in [4.78, 5) is 27.2. The Labute approximate surface area is 151 Å². The fraction of sp³-hybridized carbons (Fsp3) is 0.895. The second-order valence-electron chi connectivity index (χ2n) is 7.26. The Hall–Kier alpha value is -1.14. The third kappa shape index (κ3) is 4.94. The molecule has 0 unspecified atom stereocenters. The van der Waals surface area contributed by atoms with E-state index in [4.69, 9.17) is 14.2 Å². The van der Waals surface area contributed by atoms with Crippen molar-refractivity contribution in [3.05, 3.63) is 0 Å². The van der Waals surface area contributed by atoms with Crippen LogP contribution in [0.5, 0.6) is 0 Å². The van der Waals surface area contributed by atoms with E-state index < -0.39 is 5.41 Å². The van der Waals surface area contributed by atoms with E-state index >= 15 is 0 Å². The van der Waals surface area contributed by atoms with E-state index in [0.29, 0.717) is 45.8 Å². The van der Waals surface area contributed by atoms with E-state index in [1.54, 1.807) is 7.11 Å². The normalized spacial score (nSPS) is 26.3. The zero-order valence-electron chi connectivity index (χ0n) is 15.9. The molecule has 0 aliphatic carbocycles. The zero-order chi connectivity index (χ0) is 18.3. The van der Waals surface area contributed by atoms with Gasteiger partial charge in [0.15, 0.2) is 0 Å². The molecule has 0 saturated carbocycles. The second-order valence-corrected chi connectivity index (χ2v) is 7.26. The lowest BCUT2D eigenvalue weighted by molar-refractivity contribution is -0.165. The van der Waals surface area contributed by atoms with Gasteiger partial charge in [-0.05, 0) is 39.0 Å². The summed E-state index contributed by atoms with van der Waals surface area (Å²) < 4.78 is 16.3. The summed E-state index contributed by atoms with van der Waals surface area (Å²) in [6, 6.07) is 0. The Kier molecular flexibility index (Phi) is 7.69. The number of nitrogens with zero attached hydrogens (tertiary/aromatic N) is 1. The number of ether oxygens (including phenoxy) is 3. The third-order valence-electron chi connectivity index (χ3n) is 5.49. The Morgan fingerprint density at radius 1 is 1.24 bits per heavy atom. The summed E-state index contributed by atoms with van der Waals surface area (Å²) in [5, 5.41) is 0. The number of esters is 1. The van der Waals surface area contributed by atoms with Gasteiger partial charge in [-0.3, -0.25) is 9.59 Å². The molecule has 6 nitrogen and oxygen atoms in total. The molecule has 6 heteroatoms. The first-order valence-corrected chi connectivity index (χ1v) is 9.62. The standard InChI is InChI=1S/C19H33NO5/c1-4-6-16-13-15(7-12-25-16)17(21)20-10-8-19(9-11-20,14-23-3)18(22)24-5-2/h15-16H,4-14H2,1-3H3/t15-,16+/m0/s1. The highest BCUT2D eigenvalue weighted by Gasteiger charge is 2.44. The number of carbonyl (C=O) groups is 2. The number of piperidine rings is 1. The van der Waals surface area contributed by atoms with Crippen LogP contribution in [-0.2, 0) is 23.8 Å². The summed E-state index contributed by atoms with van der Waals surface area (Å²) in [6.07, 6.45) is 5.14. The van der Waals surface area contributed by atoms with Crippen LogP contribution in [0.15, 0.2) is 0 Å². The van der Waals surface area contributed by atoms with Crippen LogP contribution in [0, 0.1) is 11.3 Å². The van der Waals surface area contributed by atoms with Crippen molar-refractivity contribution in [2.24, 2.45) is 11.3 Å². The van der Waals surface area contributed by atoms with Crippen LogP contribution in [-0.4, -0.2) is 62.9 Å². The van der Waals surface area contributed by atoms with Gasteiger partial charge in [-0.25, -0.2) is 0 Å². The fourth-order valence-electron chi connectivity index (χ4n) is 4.01. The Balaban J connectivity index is 1.93. The summed E-state index contributed by atoms with van der Waals surface area (Å²) in [5.74, 6) is 0.0834. The van der Waals surface area contributed by atoms with Gasteiger partial charge in [-0.15, -0.1) is 0 Å². The Morgan fingerprint density at radius 3 is 2.56 bits per heavy atom. The zero-order valence-corrected chi connectivity index (χ0v) is 15.9. The van der Waals surface area contributed by atoms with Crippen LogP contribution in [0.3, 0.4) is 0 Å². The molecule has 0 aromatic rings. The predicted molar refractivity (Wildman–Crippen MR) is 94.1 cm³/mol. The molecule has 2 aliphatic rings.